The van der Waals surface area contributed by atoms with Gasteiger partial charge in [0.05, 0.1) is 18.5 Å². The molecule has 20 heavy (non-hydrogen) atoms. The lowest BCUT2D eigenvalue weighted by Crippen LogP contribution is -2.16. The molecule has 0 aliphatic carbocycles. The highest BCUT2D eigenvalue weighted by Gasteiger charge is 2.14. The minimum Gasteiger partial charge on any atom is -0.495 e. The first kappa shape index (κ1) is 14.1. The Kier molecular flexibility index (Phi) is 4.05. The number of carbonyl (C=O) groups excluding carboxylic acids is 1. The lowest BCUT2D eigenvalue weighted by atomic mass is 10.2. The minimum atomic E-state index is -0.230. The molecule has 1 amide bonds. The zero-order chi connectivity index (χ0) is 14.7. The van der Waals surface area contributed by atoms with E-state index in [2.05, 4.69) is 10.4 Å². The normalized spacial score (nSPS) is 10.4. The van der Waals surface area contributed by atoms with Crippen molar-refractivity contribution in [2.45, 2.75) is 13.5 Å². The smallest absolute Gasteiger partial charge is 0.274 e. The molecule has 0 fully saturated rings. The summed E-state index contributed by atoms with van der Waals surface area (Å²) in [6.45, 7) is 2.26. The van der Waals surface area contributed by atoms with Gasteiger partial charge >= 0.3 is 0 Å². The molecule has 6 heteroatoms. The first-order valence-electron chi connectivity index (χ1n) is 6.24. The number of aryl methyl sites for hydroxylation is 2. The Balaban J connectivity index is 2.25. The fourth-order valence-electron chi connectivity index (χ4n) is 1.98. The van der Waals surface area contributed by atoms with Crippen LogP contribution in [0, 0.1) is 6.92 Å². The molecular weight excluding hydrogens is 256 g/mol. The second kappa shape index (κ2) is 5.75. The number of hydrogen-bond acceptors (Lipinski definition) is 4. The number of nitrogens with zero attached hydrogens (tertiary/aromatic N) is 2. The van der Waals surface area contributed by atoms with Gasteiger partial charge in [-0.05, 0) is 30.7 Å². The number of hydrogen-bond donors (Lipinski definition) is 2. The molecule has 0 aliphatic rings. The predicted molar refractivity (Wildman–Crippen MR) is 76.8 cm³/mol. The van der Waals surface area contributed by atoms with Crippen LogP contribution in [-0.2, 0) is 13.6 Å². The summed E-state index contributed by atoms with van der Waals surface area (Å²) in [5.41, 5.74) is 8.42. The highest BCUT2D eigenvalue weighted by atomic mass is 16.5. The Hall–Kier alpha value is -2.34. The van der Waals surface area contributed by atoms with Gasteiger partial charge in [-0.3, -0.25) is 9.48 Å². The van der Waals surface area contributed by atoms with Crippen LogP contribution in [-0.4, -0.2) is 22.8 Å². The lowest BCUT2D eigenvalue weighted by molar-refractivity contribution is 0.101. The molecule has 0 radical (unpaired) electrons. The Morgan fingerprint density at radius 2 is 2.20 bits per heavy atom. The summed E-state index contributed by atoms with van der Waals surface area (Å²) >= 11 is 0. The summed E-state index contributed by atoms with van der Waals surface area (Å²) < 4.78 is 6.81. The van der Waals surface area contributed by atoms with E-state index in [1.54, 1.807) is 31.0 Å². The Bertz CT molecular complexity index is 634. The maximum atomic E-state index is 12.2. The van der Waals surface area contributed by atoms with E-state index in [0.29, 0.717) is 23.7 Å². The van der Waals surface area contributed by atoms with Gasteiger partial charge in [0, 0.05) is 13.6 Å². The van der Waals surface area contributed by atoms with Crippen molar-refractivity contribution in [3.05, 3.63) is 41.2 Å². The van der Waals surface area contributed by atoms with Crippen LogP contribution in [0.2, 0.25) is 0 Å². The average molecular weight is 274 g/mol. The number of nitrogens with two attached hydrogens (primary N) is 1. The van der Waals surface area contributed by atoms with E-state index in [0.717, 1.165) is 11.3 Å². The first-order valence-corrected chi connectivity index (χ1v) is 6.24. The number of ether oxygens (including phenoxy) is 1. The van der Waals surface area contributed by atoms with Crippen molar-refractivity contribution >= 4 is 11.6 Å². The molecule has 106 valence electrons. The van der Waals surface area contributed by atoms with E-state index in [9.17, 15) is 4.79 Å². The van der Waals surface area contributed by atoms with Crippen LogP contribution in [0.25, 0.3) is 0 Å². The van der Waals surface area contributed by atoms with E-state index in [1.165, 1.54) is 0 Å². The van der Waals surface area contributed by atoms with Crippen LogP contribution >= 0.6 is 0 Å². The average Bonchev–Trinajstić information content (AvgIpc) is 2.78. The Morgan fingerprint density at radius 1 is 1.45 bits per heavy atom. The molecule has 1 heterocycles. The van der Waals surface area contributed by atoms with Crippen molar-refractivity contribution in [2.24, 2.45) is 12.8 Å². The fraction of sp³-hybridized carbons (Fsp3) is 0.286. The number of carbonyl (C=O) groups is 1. The van der Waals surface area contributed by atoms with E-state index in [4.69, 9.17) is 10.5 Å². The molecule has 1 aromatic heterocycles. The third kappa shape index (κ3) is 2.80. The van der Waals surface area contributed by atoms with Gasteiger partial charge in [0.2, 0.25) is 0 Å². The summed E-state index contributed by atoms with van der Waals surface area (Å²) in [5.74, 6) is 0.354. The number of nitrogens with one attached hydrogen (secondary N) is 1. The van der Waals surface area contributed by atoms with Gasteiger partial charge in [0.15, 0.2) is 0 Å². The largest absolute Gasteiger partial charge is 0.495 e. The number of anilines is 1. The predicted octanol–water partition coefficient (Wildman–Crippen LogP) is 1.45. The van der Waals surface area contributed by atoms with Gasteiger partial charge in [0.25, 0.3) is 5.91 Å². The Labute approximate surface area is 117 Å². The maximum Gasteiger partial charge on any atom is 0.274 e. The molecule has 0 aliphatic heterocycles. The number of rotatable bonds is 4. The first-order chi connectivity index (χ1) is 9.55. The van der Waals surface area contributed by atoms with Gasteiger partial charge in [0.1, 0.15) is 11.4 Å². The van der Waals surface area contributed by atoms with E-state index in [1.807, 2.05) is 19.1 Å². The van der Waals surface area contributed by atoms with Crippen LogP contribution in [0.5, 0.6) is 5.75 Å². The van der Waals surface area contributed by atoms with Crippen LogP contribution in [0.4, 0.5) is 5.69 Å². The van der Waals surface area contributed by atoms with Crippen LogP contribution in [0.15, 0.2) is 24.3 Å². The zero-order valence-electron chi connectivity index (χ0n) is 11.8. The van der Waals surface area contributed by atoms with Crippen LogP contribution in [0.3, 0.4) is 0 Å². The summed E-state index contributed by atoms with van der Waals surface area (Å²) in [5, 5.41) is 6.97. The molecule has 1 aromatic carbocycles. The SMILES string of the molecule is COc1cc(CN)ccc1NC(=O)c1cc(C)nn1C. The van der Waals surface area contributed by atoms with Crippen molar-refractivity contribution in [1.29, 1.82) is 0 Å². The summed E-state index contributed by atoms with van der Waals surface area (Å²) in [6.07, 6.45) is 0. The van der Waals surface area contributed by atoms with Crippen molar-refractivity contribution in [1.82, 2.24) is 9.78 Å². The molecule has 2 rings (SSSR count). The molecule has 0 atom stereocenters. The monoisotopic (exact) mass is 274 g/mol. The summed E-state index contributed by atoms with van der Waals surface area (Å²) in [7, 11) is 3.29. The second-order valence-electron chi connectivity index (χ2n) is 4.49. The van der Waals surface area contributed by atoms with Crippen LogP contribution < -0.4 is 15.8 Å². The molecule has 0 bridgehead atoms. The van der Waals surface area contributed by atoms with Gasteiger partial charge in [-0.1, -0.05) is 6.07 Å². The Morgan fingerprint density at radius 3 is 2.75 bits per heavy atom. The van der Waals surface area contributed by atoms with E-state index < -0.39 is 0 Å². The summed E-state index contributed by atoms with van der Waals surface area (Å²) in [6, 6.07) is 7.18. The summed E-state index contributed by atoms with van der Waals surface area (Å²) in [4.78, 5) is 12.2. The molecule has 0 saturated carbocycles. The fourth-order valence-corrected chi connectivity index (χ4v) is 1.98. The molecule has 0 saturated heterocycles. The third-order valence-corrected chi connectivity index (χ3v) is 2.98. The van der Waals surface area contributed by atoms with Crippen molar-refractivity contribution in [3.8, 4) is 5.75 Å². The molecule has 3 N–H and O–H groups in total. The topological polar surface area (TPSA) is 82.2 Å². The molecule has 2 aromatic rings. The maximum absolute atomic E-state index is 12.2. The van der Waals surface area contributed by atoms with Crippen molar-refractivity contribution in [2.75, 3.05) is 12.4 Å². The standard InChI is InChI=1S/C14H18N4O2/c1-9-6-12(18(2)17-9)14(19)16-11-5-4-10(8-15)7-13(11)20-3/h4-7H,8,15H2,1-3H3,(H,16,19). The van der Waals surface area contributed by atoms with E-state index >= 15 is 0 Å². The molecule has 6 nitrogen and oxygen atoms in total. The quantitative estimate of drug-likeness (QED) is 0.884. The number of amides is 1. The third-order valence-electron chi connectivity index (χ3n) is 2.98. The van der Waals surface area contributed by atoms with Crippen molar-refractivity contribution < 1.29 is 9.53 Å². The second-order valence-corrected chi connectivity index (χ2v) is 4.49. The lowest BCUT2D eigenvalue weighted by Gasteiger charge is -2.11. The highest BCUT2D eigenvalue weighted by molar-refractivity contribution is 6.04. The highest BCUT2D eigenvalue weighted by Crippen LogP contribution is 2.26. The zero-order valence-corrected chi connectivity index (χ0v) is 11.8. The molecular formula is C14H18N4O2. The molecule has 0 unspecified atom stereocenters. The van der Waals surface area contributed by atoms with Gasteiger partial charge in [-0.25, -0.2) is 0 Å². The minimum absolute atomic E-state index is 0.230. The van der Waals surface area contributed by atoms with Gasteiger partial charge in [-0.2, -0.15) is 5.10 Å². The molecule has 0 spiro atoms. The van der Waals surface area contributed by atoms with Crippen LogP contribution in [0.1, 0.15) is 21.7 Å². The number of methoxy groups -OCH3 is 1. The van der Waals surface area contributed by atoms with Gasteiger partial charge in [-0.15, -0.1) is 0 Å². The number of benzene rings is 1. The van der Waals surface area contributed by atoms with E-state index in [-0.39, 0.29) is 5.91 Å². The number of aromatic nitrogens is 2. The van der Waals surface area contributed by atoms with Crippen molar-refractivity contribution in [3.63, 3.8) is 0 Å². The van der Waals surface area contributed by atoms with Gasteiger partial charge < -0.3 is 15.8 Å².